The predicted molar refractivity (Wildman–Crippen MR) is 26.0 cm³/mol. The van der Waals surface area contributed by atoms with E-state index in [1.165, 1.54) is 0 Å². The van der Waals surface area contributed by atoms with Crippen molar-refractivity contribution in [1.29, 1.82) is 0 Å². The molecule has 6 nitrogen and oxygen atoms in total. The number of nitro groups is 1. The fraction of sp³-hybridized carbons (Fsp3) is 0. The molecule has 0 amide bonds. The van der Waals surface area contributed by atoms with Gasteiger partial charge in [0.15, 0.2) is 0 Å². The van der Waals surface area contributed by atoms with Crippen molar-refractivity contribution in [1.82, 2.24) is 5.16 Å². The van der Waals surface area contributed by atoms with Crippen molar-refractivity contribution >= 4 is 5.88 Å². The van der Waals surface area contributed by atoms with Crippen LogP contribution in [0.5, 0.6) is 0 Å². The first-order valence-corrected chi connectivity index (χ1v) is 2.03. The minimum atomic E-state index is -0.794. The van der Waals surface area contributed by atoms with Crippen LogP contribution in [0.15, 0.2) is 15.4 Å². The highest BCUT2D eigenvalue weighted by Gasteiger charge is 2.09. The van der Waals surface area contributed by atoms with Crippen molar-refractivity contribution < 1.29 is 9.45 Å². The Morgan fingerprint density at radius 3 is 2.67 bits per heavy atom. The van der Waals surface area contributed by atoms with Crippen LogP contribution < -0.4 is 5.56 Å². The van der Waals surface area contributed by atoms with Gasteiger partial charge in [-0.2, -0.15) is 5.16 Å². The lowest BCUT2D eigenvalue weighted by molar-refractivity contribution is -0.404. The first kappa shape index (κ1) is 5.54. The first-order valence-electron chi connectivity index (χ1n) is 2.03. The van der Waals surface area contributed by atoms with Gasteiger partial charge in [-0.05, 0) is 0 Å². The van der Waals surface area contributed by atoms with E-state index in [-0.39, 0.29) is 0 Å². The van der Waals surface area contributed by atoms with Gasteiger partial charge in [0.25, 0.3) is 5.56 Å². The molecule has 0 radical (unpaired) electrons. The molecular formula is C3H2N2O4. The number of hydrogen-bond acceptors (Lipinski definition) is 4. The fourth-order valence-electron chi connectivity index (χ4n) is 0.364. The lowest BCUT2D eigenvalue weighted by Gasteiger charge is -1.74. The van der Waals surface area contributed by atoms with E-state index >= 15 is 0 Å². The molecule has 0 aliphatic carbocycles. The van der Waals surface area contributed by atoms with E-state index in [0.29, 0.717) is 0 Å². The molecule has 0 atom stereocenters. The Bertz CT molecular complexity index is 271. The number of H-pyrrole nitrogens is 1. The van der Waals surface area contributed by atoms with Gasteiger partial charge in [0, 0.05) is 0 Å². The number of hydrogen-bond donors (Lipinski definition) is 1. The normalized spacial score (nSPS) is 9.33. The highest BCUT2D eigenvalue weighted by Crippen LogP contribution is 2.02. The summed E-state index contributed by atoms with van der Waals surface area (Å²) in [5, 5.41) is 11.5. The molecule has 0 spiro atoms. The minimum Gasteiger partial charge on any atom is -0.312 e. The van der Waals surface area contributed by atoms with E-state index in [9.17, 15) is 14.9 Å². The van der Waals surface area contributed by atoms with Gasteiger partial charge >= 0.3 is 5.88 Å². The van der Waals surface area contributed by atoms with Crippen molar-refractivity contribution in [2.24, 2.45) is 0 Å². The second-order valence-electron chi connectivity index (χ2n) is 1.31. The standard InChI is InChI=1S/C3H2N2O4/c6-2-1-3(5(7)8)9-4-2/h1H,(H,4,6). The molecule has 0 saturated heterocycles. The highest BCUT2D eigenvalue weighted by molar-refractivity contribution is 5.07. The molecule has 9 heavy (non-hydrogen) atoms. The van der Waals surface area contributed by atoms with Crippen molar-refractivity contribution in [2.45, 2.75) is 0 Å². The highest BCUT2D eigenvalue weighted by atomic mass is 16.7. The summed E-state index contributed by atoms with van der Waals surface area (Å²) in [6.45, 7) is 0. The van der Waals surface area contributed by atoms with E-state index in [1.54, 1.807) is 5.16 Å². The summed E-state index contributed by atoms with van der Waals surface area (Å²) < 4.78 is 4.09. The lowest BCUT2D eigenvalue weighted by Crippen LogP contribution is -1.93. The summed E-state index contributed by atoms with van der Waals surface area (Å²) in [6.07, 6.45) is 0. The summed E-state index contributed by atoms with van der Waals surface area (Å²) in [5.41, 5.74) is -0.610. The molecule has 0 aliphatic heterocycles. The Kier molecular flexibility index (Phi) is 1.07. The smallest absolute Gasteiger partial charge is 0.312 e. The fourth-order valence-corrected chi connectivity index (χ4v) is 0.364. The first-order chi connectivity index (χ1) is 4.20. The van der Waals surface area contributed by atoms with Gasteiger partial charge in [-0.1, -0.05) is 0 Å². The van der Waals surface area contributed by atoms with Crippen molar-refractivity contribution in [3.05, 3.63) is 26.5 Å². The number of nitrogens with zero attached hydrogens (tertiary/aromatic N) is 1. The molecule has 0 unspecified atom stereocenters. The third-order valence-corrected chi connectivity index (χ3v) is 0.691. The van der Waals surface area contributed by atoms with Crippen LogP contribution in [0.2, 0.25) is 0 Å². The quantitative estimate of drug-likeness (QED) is 0.423. The maximum Gasteiger partial charge on any atom is 0.457 e. The second-order valence-corrected chi connectivity index (χ2v) is 1.31. The van der Waals surface area contributed by atoms with Crippen LogP contribution in [0.4, 0.5) is 5.88 Å². The van der Waals surface area contributed by atoms with Crippen molar-refractivity contribution in [3.8, 4) is 0 Å². The molecule has 1 heterocycles. The minimum absolute atomic E-state index is 0.569. The Morgan fingerprint density at radius 1 is 1.78 bits per heavy atom. The third kappa shape index (κ3) is 0.958. The van der Waals surface area contributed by atoms with Crippen LogP contribution in [-0.2, 0) is 0 Å². The Labute approximate surface area is 48.2 Å². The van der Waals surface area contributed by atoms with Crippen LogP contribution in [0.25, 0.3) is 0 Å². The lowest BCUT2D eigenvalue weighted by atomic mass is 10.7. The largest absolute Gasteiger partial charge is 0.457 e. The molecule has 0 aliphatic rings. The summed E-state index contributed by atoms with van der Waals surface area (Å²) in [4.78, 5) is 19.1. The van der Waals surface area contributed by atoms with Gasteiger partial charge in [0.2, 0.25) is 0 Å². The zero-order valence-electron chi connectivity index (χ0n) is 4.16. The van der Waals surface area contributed by atoms with E-state index in [0.717, 1.165) is 6.07 Å². The van der Waals surface area contributed by atoms with Gasteiger partial charge in [-0.15, -0.1) is 0 Å². The average Bonchev–Trinajstić information content (AvgIpc) is 2.14. The van der Waals surface area contributed by atoms with Gasteiger partial charge < -0.3 is 4.52 Å². The number of aromatic amines is 1. The Morgan fingerprint density at radius 2 is 2.44 bits per heavy atom. The molecule has 48 valence electrons. The third-order valence-electron chi connectivity index (χ3n) is 0.691. The van der Waals surface area contributed by atoms with Crippen LogP contribution in [0.3, 0.4) is 0 Å². The van der Waals surface area contributed by atoms with E-state index in [4.69, 9.17) is 0 Å². The SMILES string of the molecule is O=c1cc([N+](=O)[O-])o[nH]1. The molecule has 0 aromatic carbocycles. The molecular weight excluding hydrogens is 128 g/mol. The number of aromatic nitrogens is 1. The van der Waals surface area contributed by atoms with Crippen molar-refractivity contribution in [2.75, 3.05) is 0 Å². The maximum absolute atomic E-state index is 10.1. The van der Waals surface area contributed by atoms with Gasteiger partial charge in [0.05, 0.1) is 0 Å². The molecule has 1 aromatic rings. The van der Waals surface area contributed by atoms with Crippen LogP contribution in [-0.4, -0.2) is 10.1 Å². The van der Waals surface area contributed by atoms with E-state index in [1.807, 2.05) is 0 Å². The molecule has 1 aromatic heterocycles. The van der Waals surface area contributed by atoms with E-state index < -0.39 is 16.4 Å². The predicted octanol–water partition coefficient (Wildman–Crippen LogP) is -0.124. The van der Waals surface area contributed by atoms with Crippen LogP contribution >= 0.6 is 0 Å². The Hall–Kier alpha value is -1.59. The van der Waals surface area contributed by atoms with Gasteiger partial charge in [0.1, 0.15) is 11.0 Å². The Balaban J connectivity index is 3.12. The average molecular weight is 130 g/mol. The molecule has 1 N–H and O–H groups in total. The van der Waals surface area contributed by atoms with Gasteiger partial charge in [-0.3, -0.25) is 14.9 Å². The zero-order valence-corrected chi connectivity index (χ0v) is 4.16. The summed E-state index contributed by atoms with van der Waals surface area (Å²) in [5.74, 6) is -0.569. The molecule has 6 heteroatoms. The summed E-state index contributed by atoms with van der Waals surface area (Å²) in [6, 6.07) is 0.764. The summed E-state index contributed by atoms with van der Waals surface area (Å²) >= 11 is 0. The van der Waals surface area contributed by atoms with Gasteiger partial charge in [-0.25, -0.2) is 0 Å². The van der Waals surface area contributed by atoms with Crippen LogP contribution in [0, 0.1) is 10.1 Å². The zero-order chi connectivity index (χ0) is 6.85. The maximum atomic E-state index is 10.1. The molecule has 1 rings (SSSR count). The summed E-state index contributed by atoms with van der Waals surface area (Å²) in [7, 11) is 0. The number of nitrogens with one attached hydrogen (secondary N) is 1. The van der Waals surface area contributed by atoms with Crippen molar-refractivity contribution in [3.63, 3.8) is 0 Å². The molecule has 0 bridgehead atoms. The molecule has 0 fully saturated rings. The van der Waals surface area contributed by atoms with E-state index in [2.05, 4.69) is 4.52 Å². The molecule has 0 saturated carbocycles. The van der Waals surface area contributed by atoms with Crippen LogP contribution in [0.1, 0.15) is 0 Å². The second kappa shape index (κ2) is 1.73. The number of rotatable bonds is 1. The monoisotopic (exact) mass is 130 g/mol. The topological polar surface area (TPSA) is 89.1 Å².